The van der Waals surface area contributed by atoms with Crippen molar-refractivity contribution in [3.8, 4) is 0 Å². The Balaban J connectivity index is 2.26. The Morgan fingerprint density at radius 2 is 1.89 bits per heavy atom. The summed E-state index contributed by atoms with van der Waals surface area (Å²) < 4.78 is 0.839. The van der Waals surface area contributed by atoms with Crippen LogP contribution in [-0.4, -0.2) is 15.9 Å². The molecular weight excluding hydrogens is 306 g/mol. The number of halogens is 1. The molecule has 0 fully saturated rings. The van der Waals surface area contributed by atoms with Crippen molar-refractivity contribution < 1.29 is 4.79 Å². The van der Waals surface area contributed by atoms with E-state index in [1.54, 1.807) is 12.4 Å². The van der Waals surface area contributed by atoms with Gasteiger partial charge in [-0.15, -0.1) is 0 Å². The van der Waals surface area contributed by atoms with Gasteiger partial charge < -0.3 is 5.32 Å². The molecular formula is C14H22BrN3O. The predicted molar refractivity (Wildman–Crippen MR) is 79.7 cm³/mol. The van der Waals surface area contributed by atoms with Gasteiger partial charge in [0.05, 0.1) is 10.5 Å². The SMILES string of the molecule is CCCCCCCC(=O)N[C@H](C)c1ncc(Br)cn1. The number of hydrogen-bond acceptors (Lipinski definition) is 3. The number of rotatable bonds is 8. The quantitative estimate of drug-likeness (QED) is 0.739. The predicted octanol–water partition coefficient (Wildman–Crippen LogP) is 3.78. The Morgan fingerprint density at radius 3 is 2.53 bits per heavy atom. The van der Waals surface area contributed by atoms with Gasteiger partial charge in [0.25, 0.3) is 0 Å². The number of nitrogens with one attached hydrogen (secondary N) is 1. The average molecular weight is 328 g/mol. The lowest BCUT2D eigenvalue weighted by molar-refractivity contribution is -0.121. The molecule has 0 saturated carbocycles. The van der Waals surface area contributed by atoms with Gasteiger partial charge in [-0.2, -0.15) is 0 Å². The topological polar surface area (TPSA) is 54.9 Å². The fourth-order valence-electron chi connectivity index (χ4n) is 1.81. The maximum Gasteiger partial charge on any atom is 0.220 e. The Bertz CT molecular complexity index is 381. The molecule has 106 valence electrons. The lowest BCUT2D eigenvalue weighted by Crippen LogP contribution is -2.27. The van der Waals surface area contributed by atoms with E-state index in [2.05, 4.69) is 38.1 Å². The van der Waals surface area contributed by atoms with E-state index in [0.717, 1.165) is 17.3 Å². The summed E-state index contributed by atoms with van der Waals surface area (Å²) >= 11 is 3.29. The molecule has 0 unspecified atom stereocenters. The number of aromatic nitrogens is 2. The summed E-state index contributed by atoms with van der Waals surface area (Å²) in [5.74, 6) is 0.720. The van der Waals surface area contributed by atoms with E-state index >= 15 is 0 Å². The van der Waals surface area contributed by atoms with Crippen LogP contribution in [0.4, 0.5) is 0 Å². The molecule has 0 radical (unpaired) electrons. The van der Waals surface area contributed by atoms with Crippen molar-refractivity contribution in [3.05, 3.63) is 22.7 Å². The van der Waals surface area contributed by atoms with Gasteiger partial charge in [0.1, 0.15) is 5.82 Å². The number of carbonyl (C=O) groups is 1. The van der Waals surface area contributed by atoms with E-state index in [1.165, 1.54) is 19.3 Å². The van der Waals surface area contributed by atoms with Crippen LogP contribution >= 0.6 is 15.9 Å². The molecule has 4 nitrogen and oxygen atoms in total. The van der Waals surface area contributed by atoms with Crippen molar-refractivity contribution in [1.29, 1.82) is 0 Å². The van der Waals surface area contributed by atoms with Gasteiger partial charge in [0.15, 0.2) is 0 Å². The highest BCUT2D eigenvalue weighted by atomic mass is 79.9. The van der Waals surface area contributed by atoms with Gasteiger partial charge in [-0.05, 0) is 29.3 Å². The molecule has 1 rings (SSSR count). The minimum atomic E-state index is -0.142. The van der Waals surface area contributed by atoms with Crippen LogP contribution in [-0.2, 0) is 4.79 Å². The first kappa shape index (κ1) is 16.1. The second-order valence-electron chi connectivity index (χ2n) is 4.71. The summed E-state index contributed by atoms with van der Waals surface area (Å²) in [6, 6.07) is -0.142. The third-order valence-electron chi connectivity index (χ3n) is 2.91. The van der Waals surface area contributed by atoms with Crippen LogP contribution < -0.4 is 5.32 Å². The third kappa shape index (κ3) is 6.66. The van der Waals surface area contributed by atoms with E-state index in [9.17, 15) is 4.79 Å². The van der Waals surface area contributed by atoms with Gasteiger partial charge in [-0.25, -0.2) is 9.97 Å². The second kappa shape index (κ2) is 9.02. The maximum atomic E-state index is 11.8. The summed E-state index contributed by atoms with van der Waals surface area (Å²) in [6.07, 6.45) is 9.75. The lowest BCUT2D eigenvalue weighted by Gasteiger charge is -2.12. The normalized spacial score (nSPS) is 12.2. The largest absolute Gasteiger partial charge is 0.346 e. The number of unbranched alkanes of at least 4 members (excludes halogenated alkanes) is 4. The van der Waals surface area contributed by atoms with E-state index in [1.807, 2.05) is 6.92 Å². The molecule has 1 N–H and O–H groups in total. The molecule has 1 aromatic heterocycles. The number of nitrogens with zero attached hydrogens (tertiary/aromatic N) is 2. The molecule has 1 atom stereocenters. The molecule has 0 aliphatic carbocycles. The van der Waals surface area contributed by atoms with Crippen LogP contribution in [0.1, 0.15) is 64.2 Å². The fraction of sp³-hybridized carbons (Fsp3) is 0.643. The number of amides is 1. The minimum absolute atomic E-state index is 0.0792. The van der Waals surface area contributed by atoms with Crippen LogP contribution in [0.5, 0.6) is 0 Å². The van der Waals surface area contributed by atoms with Gasteiger partial charge in [0, 0.05) is 18.8 Å². The molecule has 0 aromatic carbocycles. The zero-order valence-corrected chi connectivity index (χ0v) is 13.2. The highest BCUT2D eigenvalue weighted by Crippen LogP contribution is 2.11. The van der Waals surface area contributed by atoms with Gasteiger partial charge >= 0.3 is 0 Å². The first-order valence-corrected chi connectivity index (χ1v) is 7.69. The van der Waals surface area contributed by atoms with Crippen LogP contribution in [0, 0.1) is 0 Å². The highest BCUT2D eigenvalue weighted by Gasteiger charge is 2.11. The number of carbonyl (C=O) groups excluding carboxylic acids is 1. The minimum Gasteiger partial charge on any atom is -0.346 e. The van der Waals surface area contributed by atoms with Crippen LogP contribution in [0.2, 0.25) is 0 Å². The smallest absolute Gasteiger partial charge is 0.220 e. The van der Waals surface area contributed by atoms with Crippen molar-refractivity contribution in [2.75, 3.05) is 0 Å². The summed E-state index contributed by atoms with van der Waals surface area (Å²) in [5.41, 5.74) is 0. The van der Waals surface area contributed by atoms with Gasteiger partial charge in [-0.3, -0.25) is 4.79 Å². The maximum absolute atomic E-state index is 11.8. The fourth-order valence-corrected chi connectivity index (χ4v) is 2.02. The molecule has 19 heavy (non-hydrogen) atoms. The molecule has 0 aliphatic heterocycles. The molecule has 0 saturated heterocycles. The number of hydrogen-bond donors (Lipinski definition) is 1. The van der Waals surface area contributed by atoms with Gasteiger partial charge in [0.2, 0.25) is 5.91 Å². The average Bonchev–Trinajstić information content (AvgIpc) is 2.39. The Labute approximate surface area is 123 Å². The second-order valence-corrected chi connectivity index (χ2v) is 5.63. The Hall–Kier alpha value is -0.970. The third-order valence-corrected chi connectivity index (χ3v) is 3.32. The Kier molecular flexibility index (Phi) is 7.63. The first-order valence-electron chi connectivity index (χ1n) is 6.90. The highest BCUT2D eigenvalue weighted by molar-refractivity contribution is 9.10. The molecule has 5 heteroatoms. The van der Waals surface area contributed by atoms with E-state index < -0.39 is 0 Å². The van der Waals surface area contributed by atoms with E-state index in [4.69, 9.17) is 0 Å². The lowest BCUT2D eigenvalue weighted by atomic mass is 10.1. The van der Waals surface area contributed by atoms with Crippen molar-refractivity contribution in [2.24, 2.45) is 0 Å². The zero-order chi connectivity index (χ0) is 14.1. The monoisotopic (exact) mass is 327 g/mol. The van der Waals surface area contributed by atoms with Crippen LogP contribution in [0.3, 0.4) is 0 Å². The van der Waals surface area contributed by atoms with Crippen LogP contribution in [0.25, 0.3) is 0 Å². The van der Waals surface area contributed by atoms with Crippen LogP contribution in [0.15, 0.2) is 16.9 Å². The van der Waals surface area contributed by atoms with Crippen molar-refractivity contribution >= 4 is 21.8 Å². The molecule has 0 aliphatic rings. The van der Waals surface area contributed by atoms with E-state index in [0.29, 0.717) is 12.2 Å². The summed E-state index contributed by atoms with van der Waals surface area (Å²) in [7, 11) is 0. The molecule has 0 bridgehead atoms. The summed E-state index contributed by atoms with van der Waals surface area (Å²) in [5, 5.41) is 2.93. The van der Waals surface area contributed by atoms with Gasteiger partial charge in [-0.1, -0.05) is 32.6 Å². The molecule has 1 amide bonds. The van der Waals surface area contributed by atoms with E-state index in [-0.39, 0.29) is 11.9 Å². The zero-order valence-electron chi connectivity index (χ0n) is 11.7. The first-order chi connectivity index (χ1) is 9.13. The van der Waals surface area contributed by atoms with Crippen molar-refractivity contribution in [2.45, 2.75) is 58.4 Å². The molecule has 0 spiro atoms. The Morgan fingerprint density at radius 1 is 1.26 bits per heavy atom. The molecule has 1 aromatic rings. The van der Waals surface area contributed by atoms with Crippen molar-refractivity contribution in [3.63, 3.8) is 0 Å². The molecule has 1 heterocycles. The summed E-state index contributed by atoms with van der Waals surface area (Å²) in [6.45, 7) is 4.09. The standard InChI is InChI=1S/C14H22BrN3O/c1-3-4-5-6-7-8-13(19)18-11(2)14-16-9-12(15)10-17-14/h9-11H,3-8H2,1-2H3,(H,18,19)/t11-/m1/s1. The van der Waals surface area contributed by atoms with Crippen molar-refractivity contribution in [1.82, 2.24) is 15.3 Å². The summed E-state index contributed by atoms with van der Waals surface area (Å²) in [4.78, 5) is 20.1.